The number of nitrogens with one attached hydrogen (secondary N) is 1. The van der Waals surface area contributed by atoms with Gasteiger partial charge in [0.15, 0.2) is 0 Å². The average Bonchev–Trinajstić information content (AvgIpc) is 2.45. The quantitative estimate of drug-likeness (QED) is 0.816. The lowest BCUT2D eigenvalue weighted by Gasteiger charge is -2.28. The Morgan fingerprint density at radius 2 is 1.78 bits per heavy atom. The minimum absolute atomic E-state index is 0.118. The Morgan fingerprint density at radius 1 is 1.22 bits per heavy atom. The first kappa shape index (κ1) is 19.4. The standard InChI is InChI=1S/C15H24FN3O3S/c1-11(2)12(3)17-15(20)10-19(23(21,22)18(4)5)14-9-7-6-8-13(14)16/h6-9,11-12H,10H2,1-5H3,(H,17,20)/t12-/m0/s1. The van der Waals surface area contributed by atoms with Crippen LogP contribution < -0.4 is 9.62 Å². The molecule has 0 saturated heterocycles. The molecule has 0 aliphatic carbocycles. The minimum Gasteiger partial charge on any atom is -0.352 e. The van der Waals surface area contributed by atoms with Crippen LogP contribution in [0, 0.1) is 11.7 Å². The number of hydrogen-bond donors (Lipinski definition) is 1. The van der Waals surface area contributed by atoms with Gasteiger partial charge < -0.3 is 5.32 Å². The van der Waals surface area contributed by atoms with E-state index in [1.54, 1.807) is 0 Å². The molecule has 0 aromatic heterocycles. The van der Waals surface area contributed by atoms with E-state index in [0.29, 0.717) is 0 Å². The number of anilines is 1. The monoisotopic (exact) mass is 345 g/mol. The van der Waals surface area contributed by atoms with Crippen LogP contribution in [0.25, 0.3) is 0 Å². The Kier molecular flexibility index (Phi) is 6.52. The topological polar surface area (TPSA) is 69.7 Å². The van der Waals surface area contributed by atoms with Gasteiger partial charge in [-0.05, 0) is 25.0 Å². The van der Waals surface area contributed by atoms with Crippen LogP contribution in [0.4, 0.5) is 10.1 Å². The third-order valence-corrected chi connectivity index (χ3v) is 5.34. The SMILES string of the molecule is CC(C)[C@H](C)NC(=O)CN(c1ccccc1F)S(=O)(=O)N(C)C. The fraction of sp³-hybridized carbons (Fsp3) is 0.533. The summed E-state index contributed by atoms with van der Waals surface area (Å²) >= 11 is 0. The second-order valence-electron chi connectivity index (χ2n) is 5.85. The predicted molar refractivity (Wildman–Crippen MR) is 88.8 cm³/mol. The van der Waals surface area contributed by atoms with Gasteiger partial charge in [-0.15, -0.1) is 0 Å². The number of para-hydroxylation sites is 1. The summed E-state index contributed by atoms with van der Waals surface area (Å²) in [6.45, 7) is 5.22. The van der Waals surface area contributed by atoms with Crippen LogP contribution in [-0.4, -0.2) is 45.3 Å². The largest absolute Gasteiger partial charge is 0.352 e. The first-order valence-electron chi connectivity index (χ1n) is 7.31. The van der Waals surface area contributed by atoms with Gasteiger partial charge in [0.2, 0.25) is 5.91 Å². The molecular formula is C15H24FN3O3S. The number of carbonyl (C=O) groups is 1. The Balaban J connectivity index is 3.13. The molecule has 6 nitrogen and oxygen atoms in total. The van der Waals surface area contributed by atoms with Gasteiger partial charge in [-0.1, -0.05) is 26.0 Å². The second kappa shape index (κ2) is 7.74. The summed E-state index contributed by atoms with van der Waals surface area (Å²) in [6, 6.07) is 5.34. The summed E-state index contributed by atoms with van der Waals surface area (Å²) in [5, 5.41) is 2.72. The third kappa shape index (κ3) is 4.90. The molecule has 0 radical (unpaired) electrons. The molecule has 23 heavy (non-hydrogen) atoms. The van der Waals surface area contributed by atoms with Crippen molar-refractivity contribution in [3.8, 4) is 0 Å². The van der Waals surface area contributed by atoms with Crippen LogP contribution >= 0.6 is 0 Å². The molecular weight excluding hydrogens is 321 g/mol. The summed E-state index contributed by atoms with van der Waals surface area (Å²) in [5.41, 5.74) is -0.159. The molecule has 1 rings (SSSR count). The summed E-state index contributed by atoms with van der Waals surface area (Å²) < 4.78 is 40.6. The van der Waals surface area contributed by atoms with Crippen molar-refractivity contribution < 1.29 is 17.6 Å². The number of hydrogen-bond acceptors (Lipinski definition) is 3. The fourth-order valence-electron chi connectivity index (χ4n) is 1.74. The Bertz CT molecular complexity index is 647. The molecule has 0 bridgehead atoms. The van der Waals surface area contributed by atoms with E-state index in [2.05, 4.69) is 5.32 Å². The van der Waals surface area contributed by atoms with E-state index in [1.165, 1.54) is 32.3 Å². The molecule has 1 amide bonds. The number of rotatable bonds is 7. The molecule has 0 aliphatic heterocycles. The van der Waals surface area contributed by atoms with E-state index >= 15 is 0 Å². The smallest absolute Gasteiger partial charge is 0.304 e. The van der Waals surface area contributed by atoms with Crippen molar-refractivity contribution in [2.75, 3.05) is 24.9 Å². The zero-order valence-corrected chi connectivity index (χ0v) is 14.9. The second-order valence-corrected chi connectivity index (χ2v) is 7.92. The lowest BCUT2D eigenvalue weighted by atomic mass is 10.1. The highest BCUT2D eigenvalue weighted by atomic mass is 32.2. The Hall–Kier alpha value is -1.67. The lowest BCUT2D eigenvalue weighted by molar-refractivity contribution is -0.120. The molecule has 1 N–H and O–H groups in total. The fourth-order valence-corrected chi connectivity index (χ4v) is 2.81. The maximum absolute atomic E-state index is 14.0. The van der Waals surface area contributed by atoms with E-state index in [-0.39, 0.29) is 17.6 Å². The first-order chi connectivity index (χ1) is 10.6. The molecule has 0 heterocycles. The minimum atomic E-state index is -4.00. The Labute approximate surface area is 137 Å². The summed E-state index contributed by atoms with van der Waals surface area (Å²) in [7, 11) is -1.34. The van der Waals surface area contributed by atoms with Gasteiger partial charge in [0, 0.05) is 20.1 Å². The molecule has 1 aromatic carbocycles. The number of nitrogens with zero attached hydrogens (tertiary/aromatic N) is 2. The zero-order valence-electron chi connectivity index (χ0n) is 14.1. The van der Waals surface area contributed by atoms with Gasteiger partial charge in [-0.2, -0.15) is 12.7 Å². The van der Waals surface area contributed by atoms with Crippen molar-refractivity contribution in [3.05, 3.63) is 30.1 Å². The normalized spacial score (nSPS) is 13.2. The molecule has 8 heteroatoms. The van der Waals surface area contributed by atoms with Crippen molar-refractivity contribution in [3.63, 3.8) is 0 Å². The summed E-state index contributed by atoms with van der Waals surface area (Å²) in [4.78, 5) is 12.2. The molecule has 0 fully saturated rings. The molecule has 1 aromatic rings. The zero-order chi connectivity index (χ0) is 17.8. The van der Waals surface area contributed by atoms with Crippen molar-refractivity contribution in [1.82, 2.24) is 9.62 Å². The van der Waals surface area contributed by atoms with Crippen LogP contribution in [0.1, 0.15) is 20.8 Å². The van der Waals surface area contributed by atoms with E-state index < -0.39 is 28.5 Å². The summed E-state index contributed by atoms with van der Waals surface area (Å²) in [5.74, 6) is -0.992. The first-order valence-corrected chi connectivity index (χ1v) is 8.71. The molecule has 0 aliphatic rings. The molecule has 0 unspecified atom stereocenters. The lowest BCUT2D eigenvalue weighted by Crippen LogP contribution is -2.48. The highest BCUT2D eigenvalue weighted by Crippen LogP contribution is 2.22. The van der Waals surface area contributed by atoms with E-state index in [1.807, 2.05) is 20.8 Å². The van der Waals surface area contributed by atoms with Crippen molar-refractivity contribution in [2.24, 2.45) is 5.92 Å². The van der Waals surface area contributed by atoms with Gasteiger partial charge >= 0.3 is 10.2 Å². The molecule has 1 atom stereocenters. The van der Waals surface area contributed by atoms with E-state index in [9.17, 15) is 17.6 Å². The van der Waals surface area contributed by atoms with Crippen LogP contribution in [0.5, 0.6) is 0 Å². The van der Waals surface area contributed by atoms with Gasteiger partial charge in [0.25, 0.3) is 0 Å². The number of halogens is 1. The van der Waals surface area contributed by atoms with Crippen LogP contribution in [-0.2, 0) is 15.0 Å². The maximum Gasteiger partial charge on any atom is 0.304 e. The molecule has 130 valence electrons. The maximum atomic E-state index is 14.0. The van der Waals surface area contributed by atoms with Gasteiger partial charge in [-0.3, -0.25) is 4.79 Å². The highest BCUT2D eigenvalue weighted by Gasteiger charge is 2.29. The Morgan fingerprint density at radius 3 is 2.26 bits per heavy atom. The average molecular weight is 345 g/mol. The van der Waals surface area contributed by atoms with Crippen molar-refractivity contribution >= 4 is 21.8 Å². The molecule has 0 saturated carbocycles. The van der Waals surface area contributed by atoms with Gasteiger partial charge in [-0.25, -0.2) is 8.70 Å². The predicted octanol–water partition coefficient (Wildman–Crippen LogP) is 1.60. The molecule has 0 spiro atoms. The van der Waals surface area contributed by atoms with Crippen LogP contribution in [0.15, 0.2) is 24.3 Å². The van der Waals surface area contributed by atoms with Crippen molar-refractivity contribution in [2.45, 2.75) is 26.8 Å². The third-order valence-electron chi connectivity index (χ3n) is 3.54. The van der Waals surface area contributed by atoms with Crippen molar-refractivity contribution in [1.29, 1.82) is 0 Å². The number of carbonyl (C=O) groups excluding carboxylic acids is 1. The van der Waals surface area contributed by atoms with Crippen LogP contribution in [0.2, 0.25) is 0 Å². The van der Waals surface area contributed by atoms with Crippen LogP contribution in [0.3, 0.4) is 0 Å². The summed E-state index contributed by atoms with van der Waals surface area (Å²) in [6.07, 6.45) is 0. The van der Waals surface area contributed by atoms with Gasteiger partial charge in [0.1, 0.15) is 12.4 Å². The number of amides is 1. The van der Waals surface area contributed by atoms with E-state index in [4.69, 9.17) is 0 Å². The van der Waals surface area contributed by atoms with Gasteiger partial charge in [0.05, 0.1) is 5.69 Å². The highest BCUT2D eigenvalue weighted by molar-refractivity contribution is 7.90. The van der Waals surface area contributed by atoms with E-state index in [0.717, 1.165) is 14.7 Å². The number of benzene rings is 1.